The highest BCUT2D eigenvalue weighted by Gasteiger charge is 2.33. The number of nitrogens with one attached hydrogen (secondary N) is 2. The van der Waals surface area contributed by atoms with Crippen molar-refractivity contribution in [2.24, 2.45) is 5.73 Å². The molecular formula is C26H25N5O3. The van der Waals surface area contributed by atoms with Crippen LogP contribution in [-0.4, -0.2) is 33.5 Å². The van der Waals surface area contributed by atoms with Crippen molar-refractivity contribution in [1.82, 2.24) is 14.9 Å². The van der Waals surface area contributed by atoms with Gasteiger partial charge in [0.05, 0.1) is 17.1 Å². The van der Waals surface area contributed by atoms with Gasteiger partial charge in [0.2, 0.25) is 0 Å². The number of benzene rings is 3. The number of ether oxygens (including phenoxy) is 1. The van der Waals surface area contributed by atoms with Crippen LogP contribution in [0.2, 0.25) is 0 Å². The number of anilines is 1. The molecule has 1 aliphatic heterocycles. The zero-order chi connectivity index (χ0) is 23.5. The SMILES string of the molecule is NC(=O)Nc1ccc(-c2ccc3nc([C@@H]4CCCN4C(=O)OCc4ccccc4)[nH]c3c2)cc1. The summed E-state index contributed by atoms with van der Waals surface area (Å²) in [5.74, 6) is 0.766. The molecule has 1 fully saturated rings. The lowest BCUT2D eigenvalue weighted by Gasteiger charge is -2.22. The number of hydrogen-bond acceptors (Lipinski definition) is 4. The third kappa shape index (κ3) is 4.56. The number of fused-ring (bicyclic) bond motifs is 1. The molecule has 0 radical (unpaired) electrons. The van der Waals surface area contributed by atoms with Gasteiger partial charge in [0, 0.05) is 12.2 Å². The van der Waals surface area contributed by atoms with Gasteiger partial charge in [0.15, 0.2) is 0 Å². The van der Waals surface area contributed by atoms with Gasteiger partial charge in [0.1, 0.15) is 12.4 Å². The molecule has 0 aliphatic carbocycles. The van der Waals surface area contributed by atoms with Gasteiger partial charge in [-0.1, -0.05) is 48.5 Å². The topological polar surface area (TPSA) is 113 Å². The van der Waals surface area contributed by atoms with Gasteiger partial charge in [-0.3, -0.25) is 4.90 Å². The van der Waals surface area contributed by atoms with E-state index >= 15 is 0 Å². The summed E-state index contributed by atoms with van der Waals surface area (Å²) in [5, 5.41) is 2.56. The molecule has 172 valence electrons. The number of nitrogens with zero attached hydrogens (tertiary/aromatic N) is 2. The van der Waals surface area contributed by atoms with E-state index in [1.165, 1.54) is 0 Å². The normalized spacial score (nSPS) is 15.4. The molecule has 4 N–H and O–H groups in total. The van der Waals surface area contributed by atoms with Crippen molar-refractivity contribution in [2.45, 2.75) is 25.5 Å². The third-order valence-electron chi connectivity index (χ3n) is 5.99. The number of primary amides is 1. The second-order valence-corrected chi connectivity index (χ2v) is 8.31. The molecule has 1 aromatic heterocycles. The first-order valence-corrected chi connectivity index (χ1v) is 11.2. The average Bonchev–Trinajstić information content (AvgIpc) is 3.50. The van der Waals surface area contributed by atoms with Crippen molar-refractivity contribution in [2.75, 3.05) is 11.9 Å². The molecule has 1 atom stereocenters. The van der Waals surface area contributed by atoms with Gasteiger partial charge in [-0.25, -0.2) is 14.6 Å². The van der Waals surface area contributed by atoms with E-state index < -0.39 is 6.03 Å². The van der Waals surface area contributed by atoms with Crippen LogP contribution in [0.15, 0.2) is 72.8 Å². The Labute approximate surface area is 196 Å². The fourth-order valence-electron chi connectivity index (χ4n) is 4.33. The Morgan fingerprint density at radius 1 is 1.06 bits per heavy atom. The standard InChI is InChI=1S/C26H25N5O3/c27-25(32)28-20-11-8-18(9-12-20)19-10-13-21-22(15-19)30-24(29-21)23-7-4-14-31(23)26(33)34-16-17-5-2-1-3-6-17/h1-3,5-6,8-13,15,23H,4,7,14,16H2,(H,29,30)(H3,27,28,32)/t23-/m0/s1. The lowest BCUT2D eigenvalue weighted by atomic mass is 10.0. The van der Waals surface area contributed by atoms with E-state index in [0.717, 1.165) is 46.4 Å². The molecule has 1 aliphatic rings. The lowest BCUT2D eigenvalue weighted by Crippen LogP contribution is -2.31. The molecule has 8 nitrogen and oxygen atoms in total. The van der Waals surface area contributed by atoms with E-state index in [1.54, 1.807) is 17.0 Å². The molecule has 5 rings (SSSR count). The molecule has 0 spiro atoms. The summed E-state index contributed by atoms with van der Waals surface area (Å²) in [4.78, 5) is 33.7. The second-order valence-electron chi connectivity index (χ2n) is 8.31. The highest BCUT2D eigenvalue weighted by atomic mass is 16.6. The summed E-state index contributed by atoms with van der Waals surface area (Å²) in [7, 11) is 0. The van der Waals surface area contributed by atoms with Crippen LogP contribution in [0.5, 0.6) is 0 Å². The summed E-state index contributed by atoms with van der Waals surface area (Å²) < 4.78 is 5.56. The van der Waals surface area contributed by atoms with Crippen molar-refractivity contribution < 1.29 is 14.3 Å². The quantitative estimate of drug-likeness (QED) is 0.384. The fraction of sp³-hybridized carbons (Fsp3) is 0.192. The van der Waals surface area contributed by atoms with Crippen LogP contribution < -0.4 is 11.1 Å². The Morgan fingerprint density at radius 3 is 2.59 bits per heavy atom. The number of likely N-dealkylation sites (tertiary alicyclic amines) is 1. The van der Waals surface area contributed by atoms with E-state index in [1.807, 2.05) is 60.7 Å². The molecular weight excluding hydrogens is 430 g/mol. The maximum Gasteiger partial charge on any atom is 0.410 e. The number of imidazole rings is 1. The number of aromatic nitrogens is 2. The lowest BCUT2D eigenvalue weighted by molar-refractivity contribution is 0.0910. The maximum absolute atomic E-state index is 12.8. The molecule has 3 aromatic carbocycles. The summed E-state index contributed by atoms with van der Waals surface area (Å²) in [6.45, 7) is 0.895. The first-order valence-electron chi connectivity index (χ1n) is 11.2. The zero-order valence-electron chi connectivity index (χ0n) is 18.5. The second kappa shape index (κ2) is 9.27. The molecule has 1 saturated heterocycles. The molecule has 8 heteroatoms. The molecule has 0 saturated carbocycles. The number of hydrogen-bond donors (Lipinski definition) is 3. The van der Waals surface area contributed by atoms with E-state index in [4.69, 9.17) is 15.5 Å². The van der Waals surface area contributed by atoms with Crippen molar-refractivity contribution >= 4 is 28.8 Å². The number of carbonyl (C=O) groups excluding carboxylic acids is 2. The van der Waals surface area contributed by atoms with E-state index in [0.29, 0.717) is 12.2 Å². The Balaban J connectivity index is 1.32. The number of aromatic amines is 1. The van der Waals surface area contributed by atoms with Crippen molar-refractivity contribution in [1.29, 1.82) is 0 Å². The predicted octanol–water partition coefficient (Wildman–Crippen LogP) is 5.19. The highest BCUT2D eigenvalue weighted by Crippen LogP contribution is 2.33. The zero-order valence-corrected chi connectivity index (χ0v) is 18.5. The largest absolute Gasteiger partial charge is 0.445 e. The molecule has 4 aromatic rings. The predicted molar refractivity (Wildman–Crippen MR) is 130 cm³/mol. The molecule has 3 amide bonds. The molecule has 0 bridgehead atoms. The van der Waals surface area contributed by atoms with Gasteiger partial charge < -0.3 is 20.8 Å². The van der Waals surface area contributed by atoms with E-state index in [2.05, 4.69) is 10.3 Å². The van der Waals surface area contributed by atoms with Crippen LogP contribution in [0.1, 0.15) is 30.3 Å². The van der Waals surface area contributed by atoms with E-state index in [-0.39, 0.29) is 18.7 Å². The summed E-state index contributed by atoms with van der Waals surface area (Å²) in [6, 6.07) is 22.4. The van der Waals surface area contributed by atoms with Gasteiger partial charge in [0.25, 0.3) is 0 Å². The van der Waals surface area contributed by atoms with Crippen molar-refractivity contribution in [3.8, 4) is 11.1 Å². The maximum atomic E-state index is 12.8. The van der Waals surface area contributed by atoms with Crippen molar-refractivity contribution in [3.63, 3.8) is 0 Å². The van der Waals surface area contributed by atoms with Crippen LogP contribution in [0, 0.1) is 0 Å². The molecule has 0 unspecified atom stereocenters. The Morgan fingerprint density at radius 2 is 1.82 bits per heavy atom. The average molecular weight is 456 g/mol. The van der Waals surface area contributed by atoms with E-state index in [9.17, 15) is 9.59 Å². The first-order chi connectivity index (χ1) is 16.6. The fourth-order valence-corrected chi connectivity index (χ4v) is 4.33. The number of nitrogens with two attached hydrogens (primary N) is 1. The summed E-state index contributed by atoms with van der Waals surface area (Å²) in [6.07, 6.45) is 1.41. The Kier molecular flexibility index (Phi) is 5.86. The van der Waals surface area contributed by atoms with Crippen molar-refractivity contribution in [3.05, 3.63) is 84.2 Å². The van der Waals surface area contributed by atoms with Crippen LogP contribution in [0.25, 0.3) is 22.2 Å². The molecule has 34 heavy (non-hydrogen) atoms. The minimum atomic E-state index is -0.593. The summed E-state index contributed by atoms with van der Waals surface area (Å²) in [5.41, 5.74) is 10.5. The van der Waals surface area contributed by atoms with Crippen LogP contribution in [0.3, 0.4) is 0 Å². The number of amides is 3. The minimum Gasteiger partial charge on any atom is -0.445 e. The number of carbonyl (C=O) groups is 2. The van der Waals surface area contributed by atoms with Gasteiger partial charge in [-0.05, 0) is 53.8 Å². The smallest absolute Gasteiger partial charge is 0.410 e. The molecule has 2 heterocycles. The van der Waals surface area contributed by atoms with Gasteiger partial charge >= 0.3 is 12.1 Å². The third-order valence-corrected chi connectivity index (χ3v) is 5.99. The highest BCUT2D eigenvalue weighted by molar-refractivity contribution is 5.88. The van der Waals surface area contributed by atoms with Crippen LogP contribution in [-0.2, 0) is 11.3 Å². The van der Waals surface area contributed by atoms with Crippen LogP contribution >= 0.6 is 0 Å². The minimum absolute atomic E-state index is 0.140. The Bertz CT molecular complexity index is 1320. The first kappa shape index (κ1) is 21.5. The summed E-state index contributed by atoms with van der Waals surface area (Å²) >= 11 is 0. The Hall–Kier alpha value is -4.33. The number of rotatable bonds is 5. The van der Waals surface area contributed by atoms with Gasteiger partial charge in [-0.2, -0.15) is 0 Å². The number of H-pyrrole nitrogens is 1. The number of urea groups is 1. The van der Waals surface area contributed by atoms with Crippen LogP contribution in [0.4, 0.5) is 15.3 Å². The van der Waals surface area contributed by atoms with Gasteiger partial charge in [-0.15, -0.1) is 0 Å². The monoisotopic (exact) mass is 455 g/mol.